The number of carbonyl (C=O) groups is 1. The zero-order chi connectivity index (χ0) is 20.1. The lowest BCUT2D eigenvalue weighted by molar-refractivity contribution is 0.0950. The second-order valence-corrected chi connectivity index (χ2v) is 9.45. The molecular formula is C21H25ClN2O3S. The first-order valence-electron chi connectivity index (χ1n) is 9.51. The van der Waals surface area contributed by atoms with E-state index in [2.05, 4.69) is 5.32 Å². The molecule has 2 aromatic rings. The number of rotatable bonds is 5. The number of hydrogen-bond donors (Lipinski definition) is 1. The van der Waals surface area contributed by atoms with Crippen LogP contribution in [0.25, 0.3) is 0 Å². The molecule has 1 saturated heterocycles. The number of amides is 1. The first-order chi connectivity index (χ1) is 13.4. The third-order valence-corrected chi connectivity index (χ3v) is 7.29. The van der Waals surface area contributed by atoms with Crippen LogP contribution in [0.15, 0.2) is 47.4 Å². The Labute approximate surface area is 171 Å². The zero-order valence-corrected chi connectivity index (χ0v) is 17.5. The number of nitrogens with one attached hydrogen (secondary N) is 1. The maximum atomic E-state index is 13.1. The fourth-order valence-corrected chi connectivity index (χ4v) is 5.22. The summed E-state index contributed by atoms with van der Waals surface area (Å²) in [5, 5.41) is 3.47. The minimum atomic E-state index is -3.61. The molecule has 150 valence electrons. The Morgan fingerprint density at radius 2 is 1.68 bits per heavy atom. The van der Waals surface area contributed by atoms with Crippen LogP contribution in [-0.4, -0.2) is 31.7 Å². The quantitative estimate of drug-likeness (QED) is 0.790. The van der Waals surface area contributed by atoms with Gasteiger partial charge in [0.2, 0.25) is 10.0 Å². The van der Waals surface area contributed by atoms with Crippen molar-refractivity contribution >= 4 is 27.5 Å². The van der Waals surface area contributed by atoms with Crippen LogP contribution < -0.4 is 5.32 Å². The fourth-order valence-electron chi connectivity index (χ4n) is 3.33. The SMILES string of the molecule is Cc1ccc(C(=O)NCc2ccc(Cl)cc2)cc1S(=O)(=O)N1CCCCCC1. The highest BCUT2D eigenvalue weighted by Crippen LogP contribution is 2.24. The van der Waals surface area contributed by atoms with Crippen LogP contribution in [0, 0.1) is 6.92 Å². The molecule has 1 fully saturated rings. The molecule has 0 aliphatic carbocycles. The highest BCUT2D eigenvalue weighted by atomic mass is 35.5. The van der Waals surface area contributed by atoms with E-state index in [-0.39, 0.29) is 10.8 Å². The molecule has 2 aromatic carbocycles. The molecule has 5 nitrogen and oxygen atoms in total. The standard InChI is InChI=1S/C21H25ClN2O3S/c1-16-6-9-18(21(25)23-15-17-7-10-19(22)11-8-17)14-20(16)28(26,27)24-12-4-2-3-5-13-24/h6-11,14H,2-5,12-13,15H2,1H3,(H,23,25). The van der Waals surface area contributed by atoms with Gasteiger partial charge in [0.05, 0.1) is 4.90 Å². The summed E-state index contributed by atoms with van der Waals surface area (Å²) in [5.41, 5.74) is 1.91. The highest BCUT2D eigenvalue weighted by Gasteiger charge is 2.27. The summed E-state index contributed by atoms with van der Waals surface area (Å²) in [6, 6.07) is 12.1. The van der Waals surface area contributed by atoms with Crippen molar-refractivity contribution in [2.75, 3.05) is 13.1 Å². The van der Waals surface area contributed by atoms with E-state index >= 15 is 0 Å². The number of nitrogens with zero attached hydrogens (tertiary/aromatic N) is 1. The van der Waals surface area contributed by atoms with E-state index in [9.17, 15) is 13.2 Å². The zero-order valence-electron chi connectivity index (χ0n) is 15.9. The Balaban J connectivity index is 1.78. The van der Waals surface area contributed by atoms with Crippen molar-refractivity contribution in [2.24, 2.45) is 0 Å². The van der Waals surface area contributed by atoms with Gasteiger partial charge in [-0.1, -0.05) is 42.6 Å². The summed E-state index contributed by atoms with van der Waals surface area (Å²) in [5.74, 6) is -0.303. The number of hydrogen-bond acceptors (Lipinski definition) is 3. The molecule has 28 heavy (non-hydrogen) atoms. The van der Waals surface area contributed by atoms with E-state index in [0.717, 1.165) is 31.2 Å². The molecule has 0 aromatic heterocycles. The molecule has 1 aliphatic heterocycles. The van der Waals surface area contributed by atoms with Crippen LogP contribution >= 0.6 is 11.6 Å². The van der Waals surface area contributed by atoms with Crippen LogP contribution in [0.1, 0.15) is 47.2 Å². The van der Waals surface area contributed by atoms with E-state index in [1.54, 1.807) is 35.5 Å². The van der Waals surface area contributed by atoms with Crippen LogP contribution in [0.4, 0.5) is 0 Å². The molecule has 3 rings (SSSR count). The van der Waals surface area contributed by atoms with Gasteiger partial charge in [-0.05, 0) is 55.2 Å². The van der Waals surface area contributed by atoms with Gasteiger partial charge in [-0.25, -0.2) is 8.42 Å². The Hall–Kier alpha value is -1.89. The molecule has 0 unspecified atom stereocenters. The van der Waals surface area contributed by atoms with Gasteiger partial charge in [0.25, 0.3) is 5.91 Å². The molecule has 0 radical (unpaired) electrons. The normalized spacial score (nSPS) is 15.8. The van der Waals surface area contributed by atoms with Crippen molar-refractivity contribution in [2.45, 2.75) is 44.0 Å². The van der Waals surface area contributed by atoms with Crippen molar-refractivity contribution in [1.82, 2.24) is 9.62 Å². The summed E-state index contributed by atoms with van der Waals surface area (Å²) in [6.07, 6.45) is 3.86. The number of aryl methyl sites for hydroxylation is 1. The summed E-state index contributed by atoms with van der Waals surface area (Å²) < 4.78 is 27.8. The molecule has 1 N–H and O–H groups in total. The number of benzene rings is 2. The maximum absolute atomic E-state index is 13.1. The van der Waals surface area contributed by atoms with E-state index in [4.69, 9.17) is 11.6 Å². The maximum Gasteiger partial charge on any atom is 0.251 e. The van der Waals surface area contributed by atoms with Crippen molar-refractivity contribution in [1.29, 1.82) is 0 Å². The third-order valence-electron chi connectivity index (χ3n) is 5.00. The van der Waals surface area contributed by atoms with Gasteiger partial charge >= 0.3 is 0 Å². The summed E-state index contributed by atoms with van der Waals surface area (Å²) in [4.78, 5) is 12.8. The lowest BCUT2D eigenvalue weighted by Gasteiger charge is -2.21. The van der Waals surface area contributed by atoms with Crippen LogP contribution in [0.5, 0.6) is 0 Å². The van der Waals surface area contributed by atoms with E-state index in [0.29, 0.717) is 35.8 Å². The molecule has 0 spiro atoms. The summed E-state index contributed by atoms with van der Waals surface area (Å²) >= 11 is 5.87. The molecule has 1 amide bonds. The van der Waals surface area contributed by atoms with E-state index < -0.39 is 10.0 Å². The number of carbonyl (C=O) groups excluding carboxylic acids is 1. The van der Waals surface area contributed by atoms with E-state index in [1.807, 2.05) is 12.1 Å². The molecular weight excluding hydrogens is 396 g/mol. The predicted octanol–water partition coefficient (Wildman–Crippen LogP) is 4.14. The minimum Gasteiger partial charge on any atom is -0.348 e. The molecule has 0 saturated carbocycles. The molecule has 1 aliphatic rings. The average molecular weight is 421 g/mol. The molecule has 0 atom stereocenters. The van der Waals surface area contributed by atoms with Crippen molar-refractivity contribution in [3.8, 4) is 0 Å². The lowest BCUT2D eigenvalue weighted by atomic mass is 10.1. The van der Waals surface area contributed by atoms with Gasteiger partial charge in [-0.3, -0.25) is 4.79 Å². The Morgan fingerprint density at radius 1 is 1.04 bits per heavy atom. The smallest absolute Gasteiger partial charge is 0.251 e. The van der Waals surface area contributed by atoms with Crippen LogP contribution in [0.2, 0.25) is 5.02 Å². The third kappa shape index (κ3) is 4.93. The summed E-state index contributed by atoms with van der Waals surface area (Å²) in [7, 11) is -3.61. The van der Waals surface area contributed by atoms with E-state index in [1.165, 1.54) is 6.07 Å². The molecule has 0 bridgehead atoms. The van der Waals surface area contributed by atoms with Crippen molar-refractivity contribution in [3.05, 3.63) is 64.2 Å². The minimum absolute atomic E-state index is 0.216. The Morgan fingerprint density at radius 3 is 2.32 bits per heavy atom. The second-order valence-electron chi connectivity index (χ2n) is 7.11. The predicted molar refractivity (Wildman–Crippen MR) is 111 cm³/mol. The van der Waals surface area contributed by atoms with Crippen LogP contribution in [-0.2, 0) is 16.6 Å². The van der Waals surface area contributed by atoms with Crippen molar-refractivity contribution < 1.29 is 13.2 Å². The topological polar surface area (TPSA) is 66.5 Å². The Kier molecular flexibility index (Phi) is 6.75. The van der Waals surface area contributed by atoms with Gasteiger partial charge in [0.1, 0.15) is 0 Å². The molecule has 1 heterocycles. The van der Waals surface area contributed by atoms with Crippen molar-refractivity contribution in [3.63, 3.8) is 0 Å². The van der Waals surface area contributed by atoms with Gasteiger partial charge in [-0.2, -0.15) is 4.31 Å². The Bertz CT molecular complexity index is 935. The lowest BCUT2D eigenvalue weighted by Crippen LogP contribution is -2.32. The van der Waals surface area contributed by atoms with Gasteiger partial charge in [0.15, 0.2) is 0 Å². The molecule has 7 heteroatoms. The largest absolute Gasteiger partial charge is 0.348 e. The highest BCUT2D eigenvalue weighted by molar-refractivity contribution is 7.89. The summed E-state index contributed by atoms with van der Waals surface area (Å²) in [6.45, 7) is 3.18. The second kappa shape index (κ2) is 9.07. The van der Waals surface area contributed by atoms with Crippen LogP contribution in [0.3, 0.4) is 0 Å². The number of halogens is 1. The monoisotopic (exact) mass is 420 g/mol. The first-order valence-corrected chi connectivity index (χ1v) is 11.3. The first kappa shape index (κ1) is 20.8. The fraction of sp³-hybridized carbons (Fsp3) is 0.381. The van der Waals surface area contributed by atoms with Gasteiger partial charge < -0.3 is 5.32 Å². The number of sulfonamides is 1. The van der Waals surface area contributed by atoms with Gasteiger partial charge in [0, 0.05) is 30.2 Å². The average Bonchev–Trinajstić information content (AvgIpc) is 2.97. The van der Waals surface area contributed by atoms with Gasteiger partial charge in [-0.15, -0.1) is 0 Å².